The van der Waals surface area contributed by atoms with Gasteiger partial charge in [-0.1, -0.05) is 13.8 Å². The van der Waals surface area contributed by atoms with Crippen molar-refractivity contribution in [3.63, 3.8) is 0 Å². The molecule has 1 aromatic rings. The summed E-state index contributed by atoms with van der Waals surface area (Å²) in [4.78, 5) is 12.1. The Bertz CT molecular complexity index is 494. The Labute approximate surface area is 128 Å². The largest absolute Gasteiger partial charge is 0.383 e. The van der Waals surface area contributed by atoms with E-state index in [1.54, 1.807) is 6.20 Å². The Morgan fingerprint density at radius 3 is 3.05 bits per heavy atom. The number of anilines is 1. The van der Waals surface area contributed by atoms with Crippen LogP contribution in [-0.2, 0) is 6.54 Å². The van der Waals surface area contributed by atoms with Gasteiger partial charge in [0.05, 0.1) is 11.9 Å². The predicted octanol–water partition coefficient (Wildman–Crippen LogP) is 2.22. The smallest absolute Gasteiger partial charge is 0.283 e. The standard InChI is InChI=1S/C14H23BrN4O/c1-10(2)9-19-14(20)13(15)12(8-18-19)17-7-5-11-4-3-6-16-11/h8,10-11,16-17H,3-7,9H2,1-2H3/t11-/m1/s1. The van der Waals surface area contributed by atoms with Crippen molar-refractivity contribution in [2.75, 3.05) is 18.4 Å². The minimum atomic E-state index is -0.0670. The molecule has 1 aliphatic rings. The highest BCUT2D eigenvalue weighted by molar-refractivity contribution is 9.10. The maximum absolute atomic E-state index is 12.1. The first-order valence-corrected chi connectivity index (χ1v) is 8.10. The highest BCUT2D eigenvalue weighted by Crippen LogP contribution is 2.17. The van der Waals surface area contributed by atoms with Crippen LogP contribution in [-0.4, -0.2) is 28.9 Å². The molecule has 1 fully saturated rings. The number of halogens is 1. The minimum absolute atomic E-state index is 0.0670. The number of rotatable bonds is 6. The molecule has 6 heteroatoms. The maximum atomic E-state index is 12.1. The Kier molecular flexibility index (Phi) is 5.60. The fraction of sp³-hybridized carbons (Fsp3) is 0.714. The topological polar surface area (TPSA) is 59.0 Å². The van der Waals surface area contributed by atoms with Crippen LogP contribution in [0.2, 0.25) is 0 Å². The van der Waals surface area contributed by atoms with Crippen LogP contribution in [0.3, 0.4) is 0 Å². The van der Waals surface area contributed by atoms with Gasteiger partial charge in [-0.25, -0.2) is 4.68 Å². The predicted molar refractivity (Wildman–Crippen MR) is 85.2 cm³/mol. The molecule has 5 nitrogen and oxygen atoms in total. The van der Waals surface area contributed by atoms with Crippen LogP contribution in [0.4, 0.5) is 5.69 Å². The highest BCUT2D eigenvalue weighted by atomic mass is 79.9. The number of hydrogen-bond acceptors (Lipinski definition) is 4. The normalized spacial score (nSPS) is 18.7. The third-order valence-corrected chi connectivity index (χ3v) is 4.26. The van der Waals surface area contributed by atoms with Crippen LogP contribution in [0, 0.1) is 5.92 Å². The van der Waals surface area contributed by atoms with E-state index in [4.69, 9.17) is 0 Å². The zero-order valence-electron chi connectivity index (χ0n) is 12.2. The summed E-state index contributed by atoms with van der Waals surface area (Å²) in [6.45, 7) is 6.77. The zero-order chi connectivity index (χ0) is 14.5. The van der Waals surface area contributed by atoms with Crippen molar-refractivity contribution in [1.82, 2.24) is 15.1 Å². The Morgan fingerprint density at radius 1 is 1.60 bits per heavy atom. The summed E-state index contributed by atoms with van der Waals surface area (Å²) in [7, 11) is 0. The molecule has 0 saturated carbocycles. The van der Waals surface area contributed by atoms with E-state index in [-0.39, 0.29) is 5.56 Å². The molecule has 2 N–H and O–H groups in total. The van der Waals surface area contributed by atoms with Crippen molar-refractivity contribution in [2.45, 2.75) is 45.7 Å². The van der Waals surface area contributed by atoms with Gasteiger partial charge in [-0.15, -0.1) is 0 Å². The molecule has 1 aromatic heterocycles. The second-order valence-electron chi connectivity index (χ2n) is 5.76. The molecule has 0 aromatic carbocycles. The number of nitrogens with zero attached hydrogens (tertiary/aromatic N) is 2. The fourth-order valence-corrected chi connectivity index (χ4v) is 2.90. The van der Waals surface area contributed by atoms with Gasteiger partial charge < -0.3 is 10.6 Å². The van der Waals surface area contributed by atoms with Gasteiger partial charge >= 0.3 is 0 Å². The first-order chi connectivity index (χ1) is 9.58. The first-order valence-electron chi connectivity index (χ1n) is 7.31. The molecular formula is C14H23BrN4O. The van der Waals surface area contributed by atoms with Crippen molar-refractivity contribution in [3.8, 4) is 0 Å². The SMILES string of the molecule is CC(C)Cn1ncc(NCC[C@H]2CCCN2)c(Br)c1=O. The summed E-state index contributed by atoms with van der Waals surface area (Å²) >= 11 is 3.38. The number of nitrogens with one attached hydrogen (secondary N) is 2. The summed E-state index contributed by atoms with van der Waals surface area (Å²) in [5.74, 6) is 0.402. The highest BCUT2D eigenvalue weighted by Gasteiger charge is 2.14. The van der Waals surface area contributed by atoms with E-state index >= 15 is 0 Å². The van der Waals surface area contributed by atoms with Gasteiger partial charge in [0.15, 0.2) is 0 Å². The van der Waals surface area contributed by atoms with E-state index in [2.05, 4.69) is 45.5 Å². The van der Waals surface area contributed by atoms with Gasteiger partial charge in [0.1, 0.15) is 4.47 Å². The van der Waals surface area contributed by atoms with E-state index in [1.165, 1.54) is 17.5 Å². The molecule has 0 radical (unpaired) electrons. The third kappa shape index (κ3) is 4.06. The number of hydrogen-bond donors (Lipinski definition) is 2. The average Bonchev–Trinajstić information content (AvgIpc) is 2.90. The average molecular weight is 343 g/mol. The van der Waals surface area contributed by atoms with Crippen LogP contribution in [0.25, 0.3) is 0 Å². The molecule has 0 unspecified atom stereocenters. The molecule has 0 bridgehead atoms. The van der Waals surface area contributed by atoms with Gasteiger partial charge in [-0.2, -0.15) is 5.10 Å². The summed E-state index contributed by atoms with van der Waals surface area (Å²) in [6.07, 6.45) is 5.32. The molecule has 20 heavy (non-hydrogen) atoms. The molecular weight excluding hydrogens is 320 g/mol. The summed E-state index contributed by atoms with van der Waals surface area (Å²) < 4.78 is 2.09. The van der Waals surface area contributed by atoms with Gasteiger partial charge in [-0.3, -0.25) is 4.79 Å². The van der Waals surface area contributed by atoms with Crippen LogP contribution in [0.15, 0.2) is 15.5 Å². The van der Waals surface area contributed by atoms with Crippen LogP contribution >= 0.6 is 15.9 Å². The van der Waals surface area contributed by atoms with E-state index in [0.717, 1.165) is 25.2 Å². The lowest BCUT2D eigenvalue weighted by molar-refractivity contribution is 0.462. The molecule has 0 aliphatic carbocycles. The summed E-state index contributed by atoms with van der Waals surface area (Å²) in [5.41, 5.74) is 0.718. The van der Waals surface area contributed by atoms with Crippen molar-refractivity contribution >= 4 is 21.6 Å². The first kappa shape index (κ1) is 15.5. The lowest BCUT2D eigenvalue weighted by atomic mass is 10.1. The summed E-state index contributed by atoms with van der Waals surface area (Å²) in [6, 6.07) is 0.607. The Hall–Kier alpha value is -0.880. The Morgan fingerprint density at radius 2 is 2.40 bits per heavy atom. The maximum Gasteiger partial charge on any atom is 0.283 e. The lowest BCUT2D eigenvalue weighted by Gasteiger charge is -2.13. The van der Waals surface area contributed by atoms with Crippen molar-refractivity contribution in [1.29, 1.82) is 0 Å². The van der Waals surface area contributed by atoms with Gasteiger partial charge in [0.25, 0.3) is 5.56 Å². The molecule has 112 valence electrons. The summed E-state index contributed by atoms with van der Waals surface area (Å²) in [5, 5.41) is 11.0. The van der Waals surface area contributed by atoms with E-state index in [1.807, 2.05) is 0 Å². The second-order valence-corrected chi connectivity index (χ2v) is 6.56. The van der Waals surface area contributed by atoms with Crippen molar-refractivity contribution < 1.29 is 0 Å². The Balaban J connectivity index is 1.94. The molecule has 0 spiro atoms. The lowest BCUT2D eigenvalue weighted by Crippen LogP contribution is -2.27. The van der Waals surface area contributed by atoms with Crippen LogP contribution in [0.1, 0.15) is 33.1 Å². The third-order valence-electron chi connectivity index (χ3n) is 3.49. The molecule has 1 saturated heterocycles. The fourth-order valence-electron chi connectivity index (χ4n) is 2.45. The van der Waals surface area contributed by atoms with Crippen LogP contribution in [0.5, 0.6) is 0 Å². The minimum Gasteiger partial charge on any atom is -0.383 e. The van der Waals surface area contributed by atoms with Gasteiger partial charge in [0.2, 0.25) is 0 Å². The van der Waals surface area contributed by atoms with Gasteiger partial charge in [-0.05, 0) is 47.7 Å². The van der Waals surface area contributed by atoms with E-state index in [0.29, 0.717) is 23.0 Å². The molecule has 2 rings (SSSR count). The molecule has 2 heterocycles. The second kappa shape index (κ2) is 7.22. The van der Waals surface area contributed by atoms with E-state index in [9.17, 15) is 4.79 Å². The molecule has 1 aliphatic heterocycles. The molecule has 0 amide bonds. The quantitative estimate of drug-likeness (QED) is 0.832. The van der Waals surface area contributed by atoms with Crippen LogP contribution < -0.4 is 16.2 Å². The van der Waals surface area contributed by atoms with Crippen molar-refractivity contribution in [3.05, 3.63) is 21.0 Å². The monoisotopic (exact) mass is 342 g/mol. The molecule has 1 atom stereocenters. The van der Waals surface area contributed by atoms with E-state index < -0.39 is 0 Å². The van der Waals surface area contributed by atoms with Gasteiger partial charge in [0, 0.05) is 19.1 Å². The zero-order valence-corrected chi connectivity index (χ0v) is 13.7. The van der Waals surface area contributed by atoms with Crippen molar-refractivity contribution in [2.24, 2.45) is 5.92 Å². The number of aromatic nitrogens is 2.